The number of rotatable bonds is 2. The number of halogens is 2. The maximum absolute atomic E-state index is 6.02. The van der Waals surface area contributed by atoms with Gasteiger partial charge >= 0.3 is 0 Å². The Morgan fingerprint density at radius 1 is 1.00 bits per heavy atom. The number of hydrogen-bond donors (Lipinski definition) is 0. The van der Waals surface area contributed by atoms with Gasteiger partial charge in [0.1, 0.15) is 10.0 Å². The standard InChI is InChI=1S/C12H8Cl2N4S2/c1-5-11(20-12-18-17-6(2)19-12)16-10-4-8(14)7(13)3-9(10)15-5/h3-4H,1-2H3. The maximum atomic E-state index is 6.02. The van der Waals surface area contributed by atoms with Crippen LogP contribution < -0.4 is 0 Å². The number of fused-ring (bicyclic) bond motifs is 1. The van der Waals surface area contributed by atoms with Crippen LogP contribution in [-0.2, 0) is 0 Å². The molecule has 0 saturated carbocycles. The normalized spacial score (nSPS) is 11.2. The molecule has 0 spiro atoms. The van der Waals surface area contributed by atoms with Crippen molar-refractivity contribution >= 4 is 57.3 Å². The Hall–Kier alpha value is -0.950. The predicted molar refractivity (Wildman–Crippen MR) is 83.1 cm³/mol. The summed E-state index contributed by atoms with van der Waals surface area (Å²) < 4.78 is 0.847. The molecule has 0 saturated heterocycles. The monoisotopic (exact) mass is 342 g/mol. The number of hydrogen-bond acceptors (Lipinski definition) is 6. The van der Waals surface area contributed by atoms with Gasteiger partial charge in [0.05, 0.1) is 26.8 Å². The minimum absolute atomic E-state index is 0.472. The van der Waals surface area contributed by atoms with Crippen LogP contribution in [0.25, 0.3) is 11.0 Å². The molecule has 0 aliphatic heterocycles. The summed E-state index contributed by atoms with van der Waals surface area (Å²) in [6, 6.07) is 3.45. The first-order valence-corrected chi connectivity index (χ1v) is 8.03. The van der Waals surface area contributed by atoms with Crippen molar-refractivity contribution < 1.29 is 0 Å². The molecule has 0 bridgehead atoms. The molecular weight excluding hydrogens is 335 g/mol. The van der Waals surface area contributed by atoms with Crippen molar-refractivity contribution in [3.8, 4) is 0 Å². The minimum atomic E-state index is 0.472. The molecule has 2 heterocycles. The third-order valence-corrected chi connectivity index (χ3v) is 5.22. The molecule has 0 radical (unpaired) electrons. The van der Waals surface area contributed by atoms with Gasteiger partial charge in [0.25, 0.3) is 0 Å². The summed E-state index contributed by atoms with van der Waals surface area (Å²) in [5.41, 5.74) is 2.28. The topological polar surface area (TPSA) is 51.6 Å². The van der Waals surface area contributed by atoms with E-state index >= 15 is 0 Å². The van der Waals surface area contributed by atoms with E-state index in [1.165, 1.54) is 23.1 Å². The van der Waals surface area contributed by atoms with Crippen molar-refractivity contribution in [2.75, 3.05) is 0 Å². The Bertz CT molecular complexity index is 803. The number of benzene rings is 1. The van der Waals surface area contributed by atoms with Crippen molar-refractivity contribution in [2.45, 2.75) is 23.2 Å². The van der Waals surface area contributed by atoms with Gasteiger partial charge in [0.15, 0.2) is 4.34 Å². The third-order valence-electron chi connectivity index (χ3n) is 2.53. The second-order valence-corrected chi connectivity index (χ2v) is 7.29. The van der Waals surface area contributed by atoms with E-state index in [0.29, 0.717) is 15.6 Å². The lowest BCUT2D eigenvalue weighted by atomic mass is 10.3. The lowest BCUT2D eigenvalue weighted by molar-refractivity contribution is 0.975. The Morgan fingerprint density at radius 3 is 2.25 bits per heavy atom. The summed E-state index contributed by atoms with van der Waals surface area (Å²) >= 11 is 15.0. The summed E-state index contributed by atoms with van der Waals surface area (Å²) in [6.45, 7) is 3.83. The van der Waals surface area contributed by atoms with Crippen LogP contribution in [0.3, 0.4) is 0 Å². The lowest BCUT2D eigenvalue weighted by Crippen LogP contribution is -1.93. The van der Waals surface area contributed by atoms with E-state index < -0.39 is 0 Å². The molecule has 102 valence electrons. The number of nitrogens with zero attached hydrogens (tertiary/aromatic N) is 4. The highest BCUT2D eigenvalue weighted by atomic mass is 35.5. The molecule has 2 aromatic heterocycles. The molecule has 0 aliphatic rings. The average molecular weight is 343 g/mol. The average Bonchev–Trinajstić information content (AvgIpc) is 2.79. The van der Waals surface area contributed by atoms with Gasteiger partial charge in [-0.2, -0.15) is 0 Å². The summed E-state index contributed by atoms with van der Waals surface area (Å²) in [5.74, 6) is 0. The molecule has 4 nitrogen and oxygen atoms in total. The van der Waals surface area contributed by atoms with E-state index in [0.717, 1.165) is 25.6 Å². The number of aryl methyl sites for hydroxylation is 2. The molecule has 3 rings (SSSR count). The second-order valence-electron chi connectivity index (χ2n) is 4.06. The molecule has 20 heavy (non-hydrogen) atoms. The minimum Gasteiger partial charge on any atom is -0.249 e. The molecule has 0 N–H and O–H groups in total. The van der Waals surface area contributed by atoms with Crippen LogP contribution in [0.15, 0.2) is 21.5 Å². The van der Waals surface area contributed by atoms with Gasteiger partial charge in [0.2, 0.25) is 0 Å². The quantitative estimate of drug-likeness (QED) is 0.683. The van der Waals surface area contributed by atoms with Crippen LogP contribution in [0.5, 0.6) is 0 Å². The Morgan fingerprint density at radius 2 is 1.65 bits per heavy atom. The molecule has 3 aromatic rings. The highest BCUT2D eigenvalue weighted by molar-refractivity contribution is 8.01. The molecule has 0 amide bonds. The fourth-order valence-electron chi connectivity index (χ4n) is 1.62. The van der Waals surface area contributed by atoms with Crippen LogP contribution >= 0.6 is 46.3 Å². The van der Waals surface area contributed by atoms with Crippen molar-refractivity contribution in [2.24, 2.45) is 0 Å². The smallest absolute Gasteiger partial charge is 0.180 e. The Balaban J connectivity index is 2.07. The molecule has 0 aliphatic carbocycles. The summed E-state index contributed by atoms with van der Waals surface area (Å²) in [7, 11) is 0. The van der Waals surface area contributed by atoms with Crippen molar-refractivity contribution in [3.63, 3.8) is 0 Å². The zero-order chi connectivity index (χ0) is 14.3. The second kappa shape index (κ2) is 5.44. The summed E-state index contributed by atoms with van der Waals surface area (Å²) in [5, 5.41) is 10.7. The van der Waals surface area contributed by atoms with Gasteiger partial charge in [-0.15, -0.1) is 10.2 Å². The molecule has 8 heteroatoms. The fourth-order valence-corrected chi connectivity index (χ4v) is 3.70. The first-order chi connectivity index (χ1) is 9.52. The van der Waals surface area contributed by atoms with E-state index in [9.17, 15) is 0 Å². The van der Waals surface area contributed by atoms with Crippen LogP contribution in [-0.4, -0.2) is 20.2 Å². The van der Waals surface area contributed by atoms with Gasteiger partial charge < -0.3 is 0 Å². The highest BCUT2D eigenvalue weighted by Crippen LogP contribution is 2.33. The Labute approximate surface area is 133 Å². The van der Waals surface area contributed by atoms with E-state index in [2.05, 4.69) is 20.2 Å². The van der Waals surface area contributed by atoms with Crippen molar-refractivity contribution in [1.82, 2.24) is 20.2 Å². The largest absolute Gasteiger partial charge is 0.249 e. The van der Waals surface area contributed by atoms with Crippen molar-refractivity contribution in [3.05, 3.63) is 32.9 Å². The first kappa shape index (κ1) is 14.0. The van der Waals surface area contributed by atoms with E-state index in [1.54, 1.807) is 12.1 Å². The van der Waals surface area contributed by atoms with Crippen LogP contribution in [0.4, 0.5) is 0 Å². The van der Waals surface area contributed by atoms with Gasteiger partial charge in [-0.3, -0.25) is 0 Å². The van der Waals surface area contributed by atoms with E-state index in [1.807, 2.05) is 13.8 Å². The van der Waals surface area contributed by atoms with Gasteiger partial charge in [-0.1, -0.05) is 34.5 Å². The molecule has 0 atom stereocenters. The molecule has 0 fully saturated rings. The first-order valence-electron chi connectivity index (χ1n) is 5.64. The fraction of sp³-hybridized carbons (Fsp3) is 0.167. The zero-order valence-corrected chi connectivity index (χ0v) is 13.7. The summed E-state index contributed by atoms with van der Waals surface area (Å²) in [4.78, 5) is 9.09. The van der Waals surface area contributed by atoms with Crippen LogP contribution in [0.2, 0.25) is 10.0 Å². The molecule has 1 aromatic carbocycles. The van der Waals surface area contributed by atoms with Crippen LogP contribution in [0, 0.1) is 13.8 Å². The van der Waals surface area contributed by atoms with Gasteiger partial charge in [0, 0.05) is 0 Å². The Kier molecular flexibility index (Phi) is 3.81. The lowest BCUT2D eigenvalue weighted by Gasteiger charge is -2.05. The van der Waals surface area contributed by atoms with Crippen molar-refractivity contribution in [1.29, 1.82) is 0 Å². The van der Waals surface area contributed by atoms with Gasteiger partial charge in [-0.05, 0) is 37.7 Å². The highest BCUT2D eigenvalue weighted by Gasteiger charge is 2.11. The predicted octanol–water partition coefficient (Wildman–Crippen LogP) is 4.56. The zero-order valence-electron chi connectivity index (χ0n) is 10.5. The van der Waals surface area contributed by atoms with Gasteiger partial charge in [-0.25, -0.2) is 9.97 Å². The maximum Gasteiger partial charge on any atom is 0.180 e. The molecular formula is C12H8Cl2N4S2. The molecule has 0 unspecified atom stereocenters. The van der Waals surface area contributed by atoms with Crippen LogP contribution in [0.1, 0.15) is 10.7 Å². The third kappa shape index (κ3) is 2.74. The summed E-state index contributed by atoms with van der Waals surface area (Å²) in [6.07, 6.45) is 0. The SMILES string of the molecule is Cc1nnc(Sc2nc3cc(Cl)c(Cl)cc3nc2C)s1. The van der Waals surface area contributed by atoms with E-state index in [4.69, 9.17) is 23.2 Å². The number of aromatic nitrogens is 4. The van der Waals surface area contributed by atoms with E-state index in [-0.39, 0.29) is 0 Å².